The van der Waals surface area contributed by atoms with E-state index in [0.717, 1.165) is 18.1 Å². The number of nitrogens with one attached hydrogen (secondary N) is 2. The van der Waals surface area contributed by atoms with E-state index in [1.54, 1.807) is 6.20 Å². The lowest BCUT2D eigenvalue weighted by Gasteiger charge is -2.05. The van der Waals surface area contributed by atoms with Crippen LogP contribution in [0.15, 0.2) is 6.20 Å². The second-order valence-corrected chi connectivity index (χ2v) is 4.42. The molecule has 2 N–H and O–H groups in total. The van der Waals surface area contributed by atoms with Crippen molar-refractivity contribution < 1.29 is 0 Å². The quantitative estimate of drug-likeness (QED) is 0.790. The van der Waals surface area contributed by atoms with Gasteiger partial charge in [-0.05, 0) is 18.6 Å². The third-order valence-electron chi connectivity index (χ3n) is 1.23. The fourth-order valence-corrected chi connectivity index (χ4v) is 1.77. The van der Waals surface area contributed by atoms with E-state index >= 15 is 0 Å². The largest absolute Gasteiger partial charge is 0.362 e. The Kier molecular flexibility index (Phi) is 4.41. The molecule has 0 amide bonds. The first-order valence-corrected chi connectivity index (χ1v) is 5.49. The predicted octanol–water partition coefficient (Wildman–Crippen LogP) is 2.49. The number of rotatable bonds is 3. The minimum absolute atomic E-state index is 0.591. The van der Waals surface area contributed by atoms with E-state index in [1.165, 1.54) is 11.3 Å². The van der Waals surface area contributed by atoms with Gasteiger partial charge in [0, 0.05) is 6.54 Å². The SMILES string of the molecule is CCCNC(=S)Nc1ncc(Cl)s1. The van der Waals surface area contributed by atoms with E-state index in [0.29, 0.717) is 9.45 Å². The standard InChI is InChI=1S/C7H10ClN3S2/c1-2-3-9-6(12)11-7-10-4-5(8)13-7/h4H,2-3H2,1H3,(H2,9,10,11,12). The Labute approximate surface area is 91.5 Å². The molecule has 0 radical (unpaired) electrons. The summed E-state index contributed by atoms with van der Waals surface area (Å²) in [5.74, 6) is 0. The van der Waals surface area contributed by atoms with Crippen molar-refractivity contribution in [2.24, 2.45) is 0 Å². The molecular formula is C7H10ClN3S2. The summed E-state index contributed by atoms with van der Waals surface area (Å²) in [4.78, 5) is 4.01. The maximum absolute atomic E-state index is 5.70. The molecule has 1 aromatic heterocycles. The second kappa shape index (κ2) is 5.36. The van der Waals surface area contributed by atoms with Gasteiger partial charge in [-0.25, -0.2) is 4.98 Å². The third-order valence-corrected chi connectivity index (χ3v) is 2.51. The number of hydrogen-bond acceptors (Lipinski definition) is 3. The molecule has 0 atom stereocenters. The van der Waals surface area contributed by atoms with Crippen LogP contribution >= 0.6 is 35.2 Å². The molecule has 0 bridgehead atoms. The van der Waals surface area contributed by atoms with Gasteiger partial charge in [0.15, 0.2) is 10.2 Å². The van der Waals surface area contributed by atoms with Crippen LogP contribution in [-0.2, 0) is 0 Å². The normalized spacial score (nSPS) is 9.69. The molecule has 72 valence electrons. The van der Waals surface area contributed by atoms with Crippen molar-refractivity contribution in [3.05, 3.63) is 10.5 Å². The first-order valence-electron chi connectivity index (χ1n) is 3.88. The molecule has 6 heteroatoms. The monoisotopic (exact) mass is 235 g/mol. The van der Waals surface area contributed by atoms with Gasteiger partial charge in [-0.1, -0.05) is 29.9 Å². The van der Waals surface area contributed by atoms with E-state index < -0.39 is 0 Å². The van der Waals surface area contributed by atoms with Gasteiger partial charge >= 0.3 is 0 Å². The van der Waals surface area contributed by atoms with Crippen LogP contribution in [0.25, 0.3) is 0 Å². The van der Waals surface area contributed by atoms with E-state index in [4.69, 9.17) is 23.8 Å². The lowest BCUT2D eigenvalue weighted by atomic mass is 10.5. The molecule has 0 aliphatic rings. The first kappa shape index (κ1) is 10.7. The molecule has 0 fully saturated rings. The van der Waals surface area contributed by atoms with Gasteiger partial charge in [-0.2, -0.15) is 0 Å². The second-order valence-electron chi connectivity index (χ2n) is 2.35. The highest BCUT2D eigenvalue weighted by Gasteiger charge is 2.00. The smallest absolute Gasteiger partial charge is 0.190 e. The third kappa shape index (κ3) is 3.89. The van der Waals surface area contributed by atoms with Crippen molar-refractivity contribution in [3.8, 4) is 0 Å². The van der Waals surface area contributed by atoms with Gasteiger partial charge in [0.1, 0.15) is 4.34 Å². The van der Waals surface area contributed by atoms with Crippen molar-refractivity contribution in [2.45, 2.75) is 13.3 Å². The molecule has 3 nitrogen and oxygen atoms in total. The van der Waals surface area contributed by atoms with Crippen LogP contribution in [0.4, 0.5) is 5.13 Å². The molecular weight excluding hydrogens is 226 g/mol. The molecule has 0 spiro atoms. The van der Waals surface area contributed by atoms with Crippen LogP contribution in [0.3, 0.4) is 0 Å². The Morgan fingerprint density at radius 3 is 3.08 bits per heavy atom. The molecule has 1 aromatic rings. The average Bonchev–Trinajstić information content (AvgIpc) is 2.48. The molecule has 0 saturated heterocycles. The van der Waals surface area contributed by atoms with Crippen molar-refractivity contribution in [2.75, 3.05) is 11.9 Å². The van der Waals surface area contributed by atoms with E-state index in [2.05, 4.69) is 22.5 Å². The summed E-state index contributed by atoms with van der Waals surface area (Å²) in [6.45, 7) is 2.95. The van der Waals surface area contributed by atoms with Gasteiger partial charge < -0.3 is 10.6 Å². The Bertz CT molecular complexity index is 287. The number of nitrogens with zero attached hydrogens (tertiary/aromatic N) is 1. The maximum atomic E-state index is 5.70. The van der Waals surface area contributed by atoms with Crippen molar-refractivity contribution >= 4 is 45.4 Å². The van der Waals surface area contributed by atoms with Gasteiger partial charge in [0.2, 0.25) is 0 Å². The molecule has 0 saturated carbocycles. The van der Waals surface area contributed by atoms with E-state index in [9.17, 15) is 0 Å². The summed E-state index contributed by atoms with van der Waals surface area (Å²) in [5.41, 5.74) is 0. The Morgan fingerprint density at radius 2 is 2.54 bits per heavy atom. The highest BCUT2D eigenvalue weighted by atomic mass is 35.5. The van der Waals surface area contributed by atoms with Gasteiger partial charge in [-0.15, -0.1) is 0 Å². The summed E-state index contributed by atoms with van der Waals surface area (Å²) >= 11 is 12.1. The molecule has 0 aliphatic heterocycles. The molecule has 0 aliphatic carbocycles. The van der Waals surface area contributed by atoms with Gasteiger partial charge in [0.25, 0.3) is 0 Å². The van der Waals surface area contributed by atoms with Crippen LogP contribution < -0.4 is 10.6 Å². The predicted molar refractivity (Wildman–Crippen MR) is 61.6 cm³/mol. The van der Waals surface area contributed by atoms with Crippen LogP contribution in [0.5, 0.6) is 0 Å². The zero-order valence-corrected chi connectivity index (χ0v) is 9.52. The van der Waals surface area contributed by atoms with Crippen LogP contribution in [0.1, 0.15) is 13.3 Å². The lowest BCUT2D eigenvalue weighted by molar-refractivity contribution is 0.846. The van der Waals surface area contributed by atoms with Gasteiger partial charge in [0.05, 0.1) is 6.20 Å². The Balaban J connectivity index is 2.36. The molecule has 0 aromatic carbocycles. The number of hydrogen-bond donors (Lipinski definition) is 2. The maximum Gasteiger partial charge on any atom is 0.190 e. The number of thiocarbonyl (C=S) groups is 1. The summed E-state index contributed by atoms with van der Waals surface area (Å²) in [6, 6.07) is 0. The lowest BCUT2D eigenvalue weighted by Crippen LogP contribution is -2.28. The fourth-order valence-electron chi connectivity index (χ4n) is 0.692. The average molecular weight is 236 g/mol. The Morgan fingerprint density at radius 1 is 1.77 bits per heavy atom. The summed E-state index contributed by atoms with van der Waals surface area (Å²) in [6.07, 6.45) is 2.64. The van der Waals surface area contributed by atoms with Crippen molar-refractivity contribution in [3.63, 3.8) is 0 Å². The summed E-state index contributed by atoms with van der Waals surface area (Å²) in [7, 11) is 0. The highest BCUT2D eigenvalue weighted by molar-refractivity contribution is 7.80. The highest BCUT2D eigenvalue weighted by Crippen LogP contribution is 2.22. The number of halogens is 1. The van der Waals surface area contributed by atoms with Gasteiger partial charge in [-0.3, -0.25) is 0 Å². The molecule has 1 rings (SSSR count). The van der Waals surface area contributed by atoms with E-state index in [1.807, 2.05) is 0 Å². The van der Waals surface area contributed by atoms with Crippen molar-refractivity contribution in [1.29, 1.82) is 0 Å². The zero-order valence-electron chi connectivity index (χ0n) is 7.13. The van der Waals surface area contributed by atoms with E-state index in [-0.39, 0.29) is 0 Å². The first-order chi connectivity index (χ1) is 6.22. The molecule has 13 heavy (non-hydrogen) atoms. The summed E-state index contributed by atoms with van der Waals surface area (Å²) in [5, 5.41) is 7.29. The van der Waals surface area contributed by atoms with Crippen LogP contribution in [0.2, 0.25) is 4.34 Å². The number of thiazole rings is 1. The number of aromatic nitrogens is 1. The van der Waals surface area contributed by atoms with Crippen molar-refractivity contribution in [1.82, 2.24) is 10.3 Å². The minimum Gasteiger partial charge on any atom is -0.362 e. The molecule has 0 unspecified atom stereocenters. The zero-order chi connectivity index (χ0) is 9.68. The summed E-state index contributed by atoms with van der Waals surface area (Å²) < 4.78 is 0.654. The topological polar surface area (TPSA) is 37.0 Å². The minimum atomic E-state index is 0.591. The number of anilines is 1. The van der Waals surface area contributed by atoms with Crippen LogP contribution in [-0.4, -0.2) is 16.6 Å². The van der Waals surface area contributed by atoms with Crippen LogP contribution in [0, 0.1) is 0 Å². The Hall–Kier alpha value is -0.390. The molecule has 1 heterocycles. The fraction of sp³-hybridized carbons (Fsp3) is 0.429.